The second-order valence-electron chi connectivity index (χ2n) is 8.86. The Morgan fingerprint density at radius 1 is 0.778 bits per heavy atom. The lowest BCUT2D eigenvalue weighted by Gasteiger charge is -2.12. The lowest BCUT2D eigenvalue weighted by Crippen LogP contribution is -2.13. The van der Waals surface area contributed by atoms with E-state index in [0.29, 0.717) is 23.1 Å². The Hall–Kier alpha value is -4.13. The average Bonchev–Trinajstić information content (AvgIpc) is 3.39. The Bertz CT molecular complexity index is 1300. The molecule has 0 aliphatic rings. The number of pyridine rings is 1. The van der Waals surface area contributed by atoms with Crippen molar-refractivity contribution in [2.24, 2.45) is 5.73 Å². The molecule has 0 bridgehead atoms. The molecule has 0 aliphatic heterocycles. The number of rotatable bonds is 13. The van der Waals surface area contributed by atoms with Crippen molar-refractivity contribution in [2.45, 2.75) is 51.5 Å². The fourth-order valence-electron chi connectivity index (χ4n) is 4.35. The van der Waals surface area contributed by atoms with Gasteiger partial charge in [-0.3, -0.25) is 19.3 Å². The molecule has 7 heteroatoms. The van der Waals surface area contributed by atoms with E-state index in [1.165, 1.54) is 0 Å². The second kappa shape index (κ2) is 12.5. The van der Waals surface area contributed by atoms with Crippen LogP contribution in [-0.2, 0) is 6.54 Å². The van der Waals surface area contributed by atoms with E-state index >= 15 is 0 Å². The third kappa shape index (κ3) is 6.50. The maximum Gasteiger partial charge on any atom is 0.249 e. The van der Waals surface area contributed by atoms with Gasteiger partial charge >= 0.3 is 0 Å². The van der Waals surface area contributed by atoms with Crippen molar-refractivity contribution >= 4 is 11.7 Å². The summed E-state index contributed by atoms with van der Waals surface area (Å²) in [4.78, 5) is 29.0. The number of amides is 1. The zero-order chi connectivity index (χ0) is 25.2. The number of Topliss-reactive ketones (excluding diaryl/α,β-unsaturated/α-hetero) is 1. The van der Waals surface area contributed by atoms with Crippen LogP contribution in [0.15, 0.2) is 79.3 Å². The van der Waals surface area contributed by atoms with Gasteiger partial charge in [0.25, 0.3) is 0 Å². The molecule has 4 aromatic rings. The highest BCUT2D eigenvalue weighted by atomic mass is 16.1. The minimum absolute atomic E-state index is 0.0977. The Morgan fingerprint density at radius 2 is 1.44 bits per heavy atom. The van der Waals surface area contributed by atoms with Crippen molar-refractivity contribution in [3.8, 4) is 22.4 Å². The molecular weight excluding hydrogens is 450 g/mol. The van der Waals surface area contributed by atoms with Gasteiger partial charge in [0.05, 0.1) is 6.20 Å². The molecule has 0 saturated heterocycles. The van der Waals surface area contributed by atoms with Gasteiger partial charge in [0.2, 0.25) is 5.91 Å². The number of carbonyl (C=O) groups excluding carboxylic acids is 2. The Kier molecular flexibility index (Phi) is 8.70. The molecule has 0 fully saturated rings. The summed E-state index contributed by atoms with van der Waals surface area (Å²) in [7, 11) is 0. The first kappa shape index (κ1) is 25.0. The third-order valence-electron chi connectivity index (χ3n) is 6.25. The second-order valence-corrected chi connectivity index (χ2v) is 8.86. The topological polar surface area (TPSA) is 104 Å². The van der Waals surface area contributed by atoms with Crippen LogP contribution in [0.25, 0.3) is 22.4 Å². The smallest absolute Gasteiger partial charge is 0.249 e. The number of unbranched alkanes of at least 4 members (excludes halogenated alkanes) is 5. The minimum Gasteiger partial charge on any atom is -0.366 e. The van der Waals surface area contributed by atoms with Gasteiger partial charge < -0.3 is 5.73 Å². The Morgan fingerprint density at radius 3 is 2.17 bits per heavy atom. The van der Waals surface area contributed by atoms with Gasteiger partial charge in [-0.15, -0.1) is 5.10 Å². The van der Waals surface area contributed by atoms with Gasteiger partial charge in [0.1, 0.15) is 5.69 Å². The largest absolute Gasteiger partial charge is 0.366 e. The van der Waals surface area contributed by atoms with Gasteiger partial charge in [-0.2, -0.15) is 0 Å². The van der Waals surface area contributed by atoms with E-state index in [9.17, 15) is 9.59 Å². The van der Waals surface area contributed by atoms with Crippen LogP contribution in [0.3, 0.4) is 0 Å². The maximum absolute atomic E-state index is 13.0. The van der Waals surface area contributed by atoms with E-state index in [1.54, 1.807) is 24.5 Å². The highest BCUT2D eigenvalue weighted by molar-refractivity contribution is 6.06. The van der Waals surface area contributed by atoms with E-state index in [-0.39, 0.29) is 5.78 Å². The van der Waals surface area contributed by atoms with Crippen molar-refractivity contribution in [3.05, 3.63) is 90.4 Å². The van der Waals surface area contributed by atoms with Crippen LogP contribution in [-0.4, -0.2) is 31.7 Å². The van der Waals surface area contributed by atoms with E-state index < -0.39 is 5.91 Å². The molecular formula is C29H31N5O2. The van der Waals surface area contributed by atoms with E-state index in [2.05, 4.69) is 15.3 Å². The Balaban J connectivity index is 1.18. The number of hydrogen-bond acceptors (Lipinski definition) is 5. The first-order valence-electron chi connectivity index (χ1n) is 12.5. The summed E-state index contributed by atoms with van der Waals surface area (Å²) in [5, 5.41) is 8.43. The van der Waals surface area contributed by atoms with Crippen molar-refractivity contribution in [2.75, 3.05) is 0 Å². The molecule has 1 amide bonds. The molecule has 4 rings (SSSR count). The standard InChI is InChI=1S/C29H31N5O2/c30-29(36)26-16-9-7-14-24(26)23-13-6-8-15-25(23)28(35)17-5-3-1-2-4-10-19-34-21-27(32-33-34)22-12-11-18-31-20-22/h6-9,11-16,18,20-21H,1-5,10,17,19H2,(H2,30,36). The highest BCUT2D eigenvalue weighted by Crippen LogP contribution is 2.28. The van der Waals surface area contributed by atoms with E-state index in [1.807, 2.05) is 59.4 Å². The van der Waals surface area contributed by atoms with Gasteiger partial charge in [-0.25, -0.2) is 0 Å². The molecule has 2 heterocycles. The molecule has 7 nitrogen and oxygen atoms in total. The van der Waals surface area contributed by atoms with Crippen molar-refractivity contribution in [3.63, 3.8) is 0 Å². The van der Waals surface area contributed by atoms with Gasteiger partial charge in [0, 0.05) is 42.0 Å². The summed E-state index contributed by atoms with van der Waals surface area (Å²) in [5.74, 6) is -0.397. The number of aromatic nitrogens is 4. The number of ketones is 1. The summed E-state index contributed by atoms with van der Waals surface area (Å²) >= 11 is 0. The SMILES string of the molecule is NC(=O)c1ccccc1-c1ccccc1C(=O)CCCCCCCCn1cc(-c2cccnc2)nn1. The normalized spacial score (nSPS) is 10.9. The zero-order valence-corrected chi connectivity index (χ0v) is 20.3. The quantitative estimate of drug-likeness (QED) is 0.194. The fraction of sp³-hybridized carbons (Fsp3) is 0.276. The molecule has 0 saturated carbocycles. The van der Waals surface area contributed by atoms with Gasteiger partial charge in [0.15, 0.2) is 5.78 Å². The van der Waals surface area contributed by atoms with Crippen LogP contribution >= 0.6 is 0 Å². The number of primary amides is 1. The first-order chi connectivity index (χ1) is 17.6. The number of nitrogens with two attached hydrogens (primary N) is 1. The maximum atomic E-state index is 13.0. The summed E-state index contributed by atoms with van der Waals surface area (Å²) < 4.78 is 1.88. The van der Waals surface area contributed by atoms with Crippen molar-refractivity contribution in [1.29, 1.82) is 0 Å². The van der Waals surface area contributed by atoms with Crippen LogP contribution in [0.4, 0.5) is 0 Å². The van der Waals surface area contributed by atoms with Crippen LogP contribution in [0.2, 0.25) is 0 Å². The highest BCUT2D eigenvalue weighted by Gasteiger charge is 2.16. The lowest BCUT2D eigenvalue weighted by molar-refractivity contribution is 0.0975. The third-order valence-corrected chi connectivity index (χ3v) is 6.25. The molecule has 2 aromatic heterocycles. The average molecular weight is 482 g/mol. The summed E-state index contributed by atoms with van der Waals surface area (Å²) in [5.41, 5.74) is 9.90. The molecule has 36 heavy (non-hydrogen) atoms. The lowest BCUT2D eigenvalue weighted by atomic mass is 9.92. The summed E-state index contributed by atoms with van der Waals surface area (Å²) in [6.45, 7) is 0.843. The number of nitrogens with zero attached hydrogens (tertiary/aromatic N) is 4. The fourth-order valence-corrected chi connectivity index (χ4v) is 4.35. The number of benzene rings is 2. The van der Waals surface area contributed by atoms with E-state index in [0.717, 1.165) is 61.9 Å². The number of aryl methyl sites for hydroxylation is 1. The molecule has 2 N–H and O–H groups in total. The van der Waals surface area contributed by atoms with Crippen LogP contribution in [0.1, 0.15) is 65.7 Å². The molecule has 0 radical (unpaired) electrons. The monoisotopic (exact) mass is 481 g/mol. The van der Waals surface area contributed by atoms with Crippen molar-refractivity contribution in [1.82, 2.24) is 20.0 Å². The van der Waals surface area contributed by atoms with Crippen LogP contribution in [0.5, 0.6) is 0 Å². The molecule has 2 aromatic carbocycles. The van der Waals surface area contributed by atoms with Gasteiger partial charge in [-0.05, 0) is 42.2 Å². The summed E-state index contributed by atoms with van der Waals surface area (Å²) in [6, 6.07) is 18.5. The Labute approximate surface area is 211 Å². The minimum atomic E-state index is -0.495. The molecule has 0 unspecified atom stereocenters. The number of carbonyl (C=O) groups is 2. The summed E-state index contributed by atoms with van der Waals surface area (Å²) in [6.07, 6.45) is 12.2. The first-order valence-corrected chi connectivity index (χ1v) is 12.5. The van der Waals surface area contributed by atoms with Crippen LogP contribution in [0, 0.1) is 0 Å². The van der Waals surface area contributed by atoms with Gasteiger partial charge in [-0.1, -0.05) is 73.4 Å². The zero-order valence-electron chi connectivity index (χ0n) is 20.3. The molecule has 0 aliphatic carbocycles. The predicted octanol–water partition coefficient (Wildman–Crippen LogP) is 5.72. The predicted molar refractivity (Wildman–Crippen MR) is 140 cm³/mol. The van der Waals surface area contributed by atoms with Crippen LogP contribution < -0.4 is 5.73 Å². The van der Waals surface area contributed by atoms with Crippen molar-refractivity contribution < 1.29 is 9.59 Å². The molecule has 184 valence electrons. The molecule has 0 atom stereocenters. The number of hydrogen-bond donors (Lipinski definition) is 1. The van der Waals surface area contributed by atoms with E-state index in [4.69, 9.17) is 5.73 Å². The molecule has 0 spiro atoms.